The average molecular weight is 376 g/mol. The molecule has 2 heterocycles. The van der Waals surface area contributed by atoms with Gasteiger partial charge in [0.15, 0.2) is 5.82 Å². The maximum absolute atomic E-state index is 12.4. The second-order valence-corrected chi connectivity index (χ2v) is 8.06. The standard InChI is InChI=1S/C16H16N4O3S2/c1-20-8-7-15(19-20)18-16(21)12-4-2-6-14(10-12)25(22,23)17-11-13-5-3-9-24-13/h2-10,17H,11H2,1H3,(H,18,19,21). The normalized spacial score (nSPS) is 11.4. The van der Waals surface area contributed by atoms with Gasteiger partial charge in [-0.2, -0.15) is 5.10 Å². The quantitative estimate of drug-likeness (QED) is 0.690. The first-order valence-electron chi connectivity index (χ1n) is 7.37. The molecule has 0 bridgehead atoms. The number of sulfonamides is 1. The highest BCUT2D eigenvalue weighted by Crippen LogP contribution is 2.15. The number of aromatic nitrogens is 2. The van der Waals surface area contributed by atoms with Crippen molar-refractivity contribution in [1.29, 1.82) is 0 Å². The number of carbonyl (C=O) groups is 1. The summed E-state index contributed by atoms with van der Waals surface area (Å²) in [5.41, 5.74) is 0.240. The summed E-state index contributed by atoms with van der Waals surface area (Å²) in [4.78, 5) is 13.2. The summed E-state index contributed by atoms with van der Waals surface area (Å²) >= 11 is 1.47. The first-order valence-corrected chi connectivity index (χ1v) is 9.73. The number of rotatable bonds is 6. The van der Waals surface area contributed by atoms with Gasteiger partial charge in [-0.05, 0) is 29.6 Å². The largest absolute Gasteiger partial charge is 0.305 e. The van der Waals surface area contributed by atoms with Crippen LogP contribution in [0, 0.1) is 0 Å². The van der Waals surface area contributed by atoms with Gasteiger partial charge in [0.1, 0.15) is 0 Å². The average Bonchev–Trinajstić information content (AvgIpc) is 3.25. The van der Waals surface area contributed by atoms with Crippen LogP contribution in [0.4, 0.5) is 5.82 Å². The SMILES string of the molecule is Cn1ccc(NC(=O)c2cccc(S(=O)(=O)NCc3cccs3)c2)n1. The van der Waals surface area contributed by atoms with Crippen LogP contribution in [0.5, 0.6) is 0 Å². The molecule has 0 unspecified atom stereocenters. The first kappa shape index (κ1) is 17.3. The van der Waals surface area contributed by atoms with E-state index < -0.39 is 15.9 Å². The number of nitrogens with one attached hydrogen (secondary N) is 2. The molecule has 130 valence electrons. The van der Waals surface area contributed by atoms with Crippen molar-refractivity contribution >= 4 is 33.1 Å². The third-order valence-electron chi connectivity index (χ3n) is 3.38. The van der Waals surface area contributed by atoms with Crippen molar-refractivity contribution < 1.29 is 13.2 Å². The molecule has 0 aliphatic carbocycles. The number of anilines is 1. The zero-order valence-corrected chi connectivity index (χ0v) is 15.0. The third kappa shape index (κ3) is 4.32. The van der Waals surface area contributed by atoms with Gasteiger partial charge in [0.25, 0.3) is 5.91 Å². The summed E-state index contributed by atoms with van der Waals surface area (Å²) in [6, 6.07) is 11.2. The van der Waals surface area contributed by atoms with Gasteiger partial charge in [0.05, 0.1) is 4.90 Å². The molecular weight excluding hydrogens is 360 g/mol. The molecule has 1 aromatic carbocycles. The number of hydrogen-bond acceptors (Lipinski definition) is 5. The zero-order valence-electron chi connectivity index (χ0n) is 13.3. The van der Waals surface area contributed by atoms with Crippen molar-refractivity contribution in [2.75, 3.05) is 5.32 Å². The smallest absolute Gasteiger partial charge is 0.256 e. The Morgan fingerprint density at radius 1 is 1.24 bits per heavy atom. The Balaban J connectivity index is 1.74. The number of thiophene rings is 1. The van der Waals surface area contributed by atoms with E-state index in [-0.39, 0.29) is 17.0 Å². The minimum atomic E-state index is -3.70. The van der Waals surface area contributed by atoms with Crippen molar-refractivity contribution in [2.24, 2.45) is 7.05 Å². The van der Waals surface area contributed by atoms with Crippen LogP contribution in [0.3, 0.4) is 0 Å². The molecule has 0 atom stereocenters. The van der Waals surface area contributed by atoms with Crippen molar-refractivity contribution in [3.63, 3.8) is 0 Å². The van der Waals surface area contributed by atoms with E-state index in [1.165, 1.54) is 29.5 Å². The van der Waals surface area contributed by atoms with Crippen LogP contribution in [0.25, 0.3) is 0 Å². The van der Waals surface area contributed by atoms with E-state index in [4.69, 9.17) is 0 Å². The van der Waals surface area contributed by atoms with Crippen LogP contribution >= 0.6 is 11.3 Å². The van der Waals surface area contributed by atoms with Crippen LogP contribution in [0.2, 0.25) is 0 Å². The molecule has 9 heteroatoms. The third-order valence-corrected chi connectivity index (χ3v) is 5.65. The molecule has 0 aliphatic rings. The maximum atomic E-state index is 12.4. The van der Waals surface area contributed by atoms with E-state index in [2.05, 4.69) is 15.1 Å². The van der Waals surface area contributed by atoms with E-state index in [1.54, 1.807) is 30.1 Å². The highest BCUT2D eigenvalue weighted by atomic mass is 32.2. The topological polar surface area (TPSA) is 93.1 Å². The molecule has 3 aromatic rings. The molecule has 2 N–H and O–H groups in total. The summed E-state index contributed by atoms with van der Waals surface area (Å²) in [6.07, 6.45) is 1.70. The summed E-state index contributed by atoms with van der Waals surface area (Å²) in [7, 11) is -1.97. The van der Waals surface area contributed by atoms with E-state index in [0.717, 1.165) is 4.88 Å². The maximum Gasteiger partial charge on any atom is 0.256 e. The highest BCUT2D eigenvalue weighted by molar-refractivity contribution is 7.89. The first-order chi connectivity index (χ1) is 11.9. The minimum absolute atomic E-state index is 0.0396. The molecule has 0 fully saturated rings. The lowest BCUT2D eigenvalue weighted by molar-refractivity contribution is 0.102. The second-order valence-electron chi connectivity index (χ2n) is 5.26. The van der Waals surface area contributed by atoms with E-state index >= 15 is 0 Å². The number of hydrogen-bond donors (Lipinski definition) is 2. The Morgan fingerprint density at radius 3 is 2.76 bits per heavy atom. The summed E-state index contributed by atoms with van der Waals surface area (Å²) in [6.45, 7) is 0.213. The summed E-state index contributed by atoms with van der Waals surface area (Å²) in [5, 5.41) is 8.57. The molecule has 2 aromatic heterocycles. The second kappa shape index (κ2) is 7.18. The number of amides is 1. The fourth-order valence-electron chi connectivity index (χ4n) is 2.14. The van der Waals surface area contributed by atoms with Crippen LogP contribution in [-0.2, 0) is 23.6 Å². The van der Waals surface area contributed by atoms with Gasteiger partial charge in [0, 0.05) is 36.3 Å². The zero-order chi connectivity index (χ0) is 17.9. The molecule has 0 radical (unpaired) electrons. The van der Waals surface area contributed by atoms with Crippen LogP contribution in [-0.4, -0.2) is 24.1 Å². The van der Waals surface area contributed by atoms with E-state index in [9.17, 15) is 13.2 Å². The van der Waals surface area contributed by atoms with Crippen LogP contribution in [0.1, 0.15) is 15.2 Å². The van der Waals surface area contributed by atoms with Gasteiger partial charge in [-0.1, -0.05) is 12.1 Å². The van der Waals surface area contributed by atoms with Crippen molar-refractivity contribution in [2.45, 2.75) is 11.4 Å². The summed E-state index contributed by atoms with van der Waals surface area (Å²) < 4.78 is 28.9. The number of carbonyl (C=O) groups excluding carboxylic acids is 1. The Hall–Kier alpha value is -2.49. The molecule has 7 nitrogen and oxygen atoms in total. The fourth-order valence-corrected chi connectivity index (χ4v) is 3.93. The molecule has 25 heavy (non-hydrogen) atoms. The molecule has 3 rings (SSSR count). The van der Waals surface area contributed by atoms with Gasteiger partial charge >= 0.3 is 0 Å². The van der Waals surface area contributed by atoms with Gasteiger partial charge in [-0.3, -0.25) is 9.48 Å². The summed E-state index contributed by atoms with van der Waals surface area (Å²) in [5.74, 6) is -0.0226. The molecule has 0 saturated heterocycles. The molecule has 0 saturated carbocycles. The van der Waals surface area contributed by atoms with Crippen molar-refractivity contribution in [3.05, 3.63) is 64.5 Å². The number of nitrogens with zero attached hydrogens (tertiary/aromatic N) is 2. The lowest BCUT2D eigenvalue weighted by Crippen LogP contribution is -2.23. The van der Waals surface area contributed by atoms with Crippen molar-refractivity contribution in [1.82, 2.24) is 14.5 Å². The van der Waals surface area contributed by atoms with Gasteiger partial charge < -0.3 is 5.32 Å². The van der Waals surface area contributed by atoms with Crippen LogP contribution < -0.4 is 10.0 Å². The molecule has 1 amide bonds. The minimum Gasteiger partial charge on any atom is -0.305 e. The van der Waals surface area contributed by atoms with E-state index in [0.29, 0.717) is 5.82 Å². The van der Waals surface area contributed by atoms with Gasteiger partial charge in [-0.15, -0.1) is 11.3 Å². The van der Waals surface area contributed by atoms with Gasteiger partial charge in [0.2, 0.25) is 10.0 Å². The van der Waals surface area contributed by atoms with Crippen molar-refractivity contribution in [3.8, 4) is 0 Å². The Morgan fingerprint density at radius 2 is 2.08 bits per heavy atom. The Kier molecular flexibility index (Phi) is 4.98. The number of benzene rings is 1. The Bertz CT molecular complexity index is 978. The molecule has 0 spiro atoms. The van der Waals surface area contributed by atoms with E-state index in [1.807, 2.05) is 17.5 Å². The monoisotopic (exact) mass is 376 g/mol. The lowest BCUT2D eigenvalue weighted by atomic mass is 10.2. The highest BCUT2D eigenvalue weighted by Gasteiger charge is 2.16. The fraction of sp³-hybridized carbons (Fsp3) is 0.125. The van der Waals surface area contributed by atoms with Gasteiger partial charge in [-0.25, -0.2) is 13.1 Å². The molecular formula is C16H16N4O3S2. The predicted molar refractivity (Wildman–Crippen MR) is 95.9 cm³/mol. The van der Waals surface area contributed by atoms with Crippen LogP contribution in [0.15, 0.2) is 58.9 Å². The number of aryl methyl sites for hydroxylation is 1. The predicted octanol–water partition coefficient (Wildman–Crippen LogP) is 2.21. The lowest BCUT2D eigenvalue weighted by Gasteiger charge is -2.08. The molecule has 0 aliphatic heterocycles. The Labute approximate surface area is 149 Å².